The number of carbonyl (C=O) groups is 1. The second kappa shape index (κ2) is 8.66. The van der Waals surface area contributed by atoms with Crippen molar-refractivity contribution in [2.24, 2.45) is 0 Å². The first-order valence-electron chi connectivity index (χ1n) is 7.45. The number of rotatable bonds is 5. The molecule has 5 nitrogen and oxygen atoms in total. The highest BCUT2D eigenvalue weighted by Gasteiger charge is 2.15. The lowest BCUT2D eigenvalue weighted by Crippen LogP contribution is -2.41. The van der Waals surface area contributed by atoms with E-state index in [1.165, 1.54) is 6.26 Å². The predicted octanol–water partition coefficient (Wildman–Crippen LogP) is 2.44. The number of furan rings is 1. The molecule has 5 heteroatoms. The lowest BCUT2D eigenvalue weighted by Gasteiger charge is -2.16. The van der Waals surface area contributed by atoms with Crippen molar-refractivity contribution in [2.45, 2.75) is 25.5 Å². The standard InChI is InChI=1S/C18H20N2O3/c1-14(13-16(21)17-10-6-12-23-17)20-18(22)19-11-5-9-15-7-3-2-4-8-15/h2-4,6-8,10,12,14,16,21H,11,13H2,1H3,(H2,19,20,22)/t14-,16+/m0/s1. The summed E-state index contributed by atoms with van der Waals surface area (Å²) in [5, 5.41) is 15.4. The molecule has 0 aliphatic heterocycles. The summed E-state index contributed by atoms with van der Waals surface area (Å²) in [5.41, 5.74) is 0.907. The van der Waals surface area contributed by atoms with E-state index in [9.17, 15) is 9.90 Å². The van der Waals surface area contributed by atoms with E-state index in [1.54, 1.807) is 12.1 Å². The molecule has 0 bridgehead atoms. The van der Waals surface area contributed by atoms with E-state index in [0.717, 1.165) is 5.56 Å². The Kier molecular flexibility index (Phi) is 6.28. The summed E-state index contributed by atoms with van der Waals surface area (Å²) in [6, 6.07) is 12.5. The van der Waals surface area contributed by atoms with E-state index in [1.807, 2.05) is 37.3 Å². The normalized spacial score (nSPS) is 12.6. The fourth-order valence-corrected chi connectivity index (χ4v) is 2.06. The number of hydrogen-bond acceptors (Lipinski definition) is 3. The Labute approximate surface area is 135 Å². The lowest BCUT2D eigenvalue weighted by atomic mass is 10.1. The highest BCUT2D eigenvalue weighted by Crippen LogP contribution is 2.18. The number of benzene rings is 1. The van der Waals surface area contributed by atoms with Crippen molar-refractivity contribution in [3.63, 3.8) is 0 Å². The maximum Gasteiger partial charge on any atom is 0.315 e. The average Bonchev–Trinajstić information content (AvgIpc) is 3.07. The molecule has 0 saturated carbocycles. The topological polar surface area (TPSA) is 74.5 Å². The Bertz CT molecular complexity index is 657. The van der Waals surface area contributed by atoms with Gasteiger partial charge in [0, 0.05) is 18.0 Å². The summed E-state index contributed by atoms with van der Waals surface area (Å²) < 4.78 is 5.13. The van der Waals surface area contributed by atoms with Crippen LogP contribution in [0.15, 0.2) is 53.1 Å². The van der Waals surface area contributed by atoms with Crippen LogP contribution >= 0.6 is 0 Å². The molecule has 1 aromatic carbocycles. The molecule has 1 aromatic heterocycles. The number of nitrogens with one attached hydrogen (secondary N) is 2. The van der Waals surface area contributed by atoms with Crippen LogP contribution in [-0.4, -0.2) is 23.7 Å². The van der Waals surface area contributed by atoms with Crippen molar-refractivity contribution in [3.8, 4) is 11.8 Å². The summed E-state index contributed by atoms with van der Waals surface area (Å²) in [7, 11) is 0. The van der Waals surface area contributed by atoms with Gasteiger partial charge in [-0.05, 0) is 31.2 Å². The number of aliphatic hydroxyl groups excluding tert-OH is 1. The fourth-order valence-electron chi connectivity index (χ4n) is 2.06. The zero-order valence-corrected chi connectivity index (χ0v) is 13.0. The van der Waals surface area contributed by atoms with E-state index in [0.29, 0.717) is 12.2 Å². The minimum Gasteiger partial charge on any atom is -0.467 e. The monoisotopic (exact) mass is 312 g/mol. The fraction of sp³-hybridized carbons (Fsp3) is 0.278. The van der Waals surface area contributed by atoms with Gasteiger partial charge in [-0.25, -0.2) is 4.79 Å². The van der Waals surface area contributed by atoms with Crippen LogP contribution in [0.2, 0.25) is 0 Å². The number of carbonyl (C=O) groups excluding carboxylic acids is 1. The van der Waals surface area contributed by atoms with Crippen LogP contribution in [0, 0.1) is 11.8 Å². The van der Waals surface area contributed by atoms with Crippen molar-refractivity contribution in [3.05, 3.63) is 60.1 Å². The number of urea groups is 1. The smallest absolute Gasteiger partial charge is 0.315 e. The van der Waals surface area contributed by atoms with Crippen molar-refractivity contribution >= 4 is 6.03 Å². The Morgan fingerprint density at radius 2 is 2.04 bits per heavy atom. The van der Waals surface area contributed by atoms with Crippen molar-refractivity contribution in [2.75, 3.05) is 6.54 Å². The van der Waals surface area contributed by atoms with Gasteiger partial charge >= 0.3 is 6.03 Å². The molecule has 3 N–H and O–H groups in total. The van der Waals surface area contributed by atoms with Crippen molar-refractivity contribution in [1.29, 1.82) is 0 Å². The van der Waals surface area contributed by atoms with Gasteiger partial charge in [0.2, 0.25) is 0 Å². The van der Waals surface area contributed by atoms with Crippen LogP contribution < -0.4 is 10.6 Å². The molecule has 2 rings (SSSR count). The Morgan fingerprint density at radius 3 is 2.74 bits per heavy atom. The molecule has 0 saturated heterocycles. The maximum absolute atomic E-state index is 11.7. The lowest BCUT2D eigenvalue weighted by molar-refractivity contribution is 0.129. The molecule has 1 heterocycles. The maximum atomic E-state index is 11.7. The summed E-state index contributed by atoms with van der Waals surface area (Å²) in [6.45, 7) is 2.08. The first kappa shape index (κ1) is 16.7. The van der Waals surface area contributed by atoms with Crippen LogP contribution in [-0.2, 0) is 0 Å². The molecule has 0 spiro atoms. The molecular weight excluding hydrogens is 292 g/mol. The average molecular weight is 312 g/mol. The molecule has 0 aliphatic carbocycles. The van der Waals surface area contributed by atoms with Gasteiger partial charge in [0.05, 0.1) is 12.8 Å². The quantitative estimate of drug-likeness (QED) is 0.742. The molecular formula is C18H20N2O3. The van der Waals surface area contributed by atoms with Gasteiger partial charge in [-0.1, -0.05) is 30.0 Å². The van der Waals surface area contributed by atoms with Crippen LogP contribution in [0.25, 0.3) is 0 Å². The molecule has 120 valence electrons. The number of hydrogen-bond donors (Lipinski definition) is 3. The molecule has 2 aromatic rings. The predicted molar refractivity (Wildman–Crippen MR) is 87.6 cm³/mol. The molecule has 0 radical (unpaired) electrons. The van der Waals surface area contributed by atoms with Crippen LogP contribution in [0.5, 0.6) is 0 Å². The van der Waals surface area contributed by atoms with E-state index in [2.05, 4.69) is 22.5 Å². The second-order valence-electron chi connectivity index (χ2n) is 5.16. The van der Waals surface area contributed by atoms with Gasteiger partial charge in [0.1, 0.15) is 11.9 Å². The van der Waals surface area contributed by atoms with Crippen molar-refractivity contribution < 1.29 is 14.3 Å². The highest BCUT2D eigenvalue weighted by atomic mass is 16.4. The molecule has 0 fully saturated rings. The van der Waals surface area contributed by atoms with Gasteiger partial charge < -0.3 is 20.2 Å². The molecule has 2 amide bonds. The first-order chi connectivity index (χ1) is 11.1. The Balaban J connectivity index is 1.69. The zero-order chi connectivity index (χ0) is 16.5. The third kappa shape index (κ3) is 5.89. The summed E-state index contributed by atoms with van der Waals surface area (Å²) >= 11 is 0. The summed E-state index contributed by atoms with van der Waals surface area (Å²) in [4.78, 5) is 11.7. The third-order valence-corrected chi connectivity index (χ3v) is 3.17. The molecule has 0 unspecified atom stereocenters. The SMILES string of the molecule is C[C@@H](C[C@@H](O)c1ccco1)NC(=O)NCC#Cc1ccccc1. The van der Waals surface area contributed by atoms with Gasteiger partial charge in [0.15, 0.2) is 0 Å². The number of amides is 2. The van der Waals surface area contributed by atoms with Crippen molar-refractivity contribution in [1.82, 2.24) is 10.6 Å². The third-order valence-electron chi connectivity index (χ3n) is 3.17. The van der Waals surface area contributed by atoms with E-state index >= 15 is 0 Å². The Hall–Kier alpha value is -2.71. The van der Waals surface area contributed by atoms with Gasteiger partial charge in [0.25, 0.3) is 0 Å². The van der Waals surface area contributed by atoms with E-state index < -0.39 is 6.10 Å². The zero-order valence-electron chi connectivity index (χ0n) is 13.0. The Morgan fingerprint density at radius 1 is 1.26 bits per heavy atom. The van der Waals surface area contributed by atoms with E-state index in [4.69, 9.17) is 4.42 Å². The minimum absolute atomic E-state index is 0.197. The number of aliphatic hydroxyl groups is 1. The first-order valence-corrected chi connectivity index (χ1v) is 7.45. The highest BCUT2D eigenvalue weighted by molar-refractivity contribution is 5.74. The van der Waals surface area contributed by atoms with Gasteiger partial charge in [-0.2, -0.15) is 0 Å². The molecule has 0 aliphatic rings. The van der Waals surface area contributed by atoms with Crippen LogP contribution in [0.1, 0.15) is 30.8 Å². The summed E-state index contributed by atoms with van der Waals surface area (Å²) in [6.07, 6.45) is 1.14. The van der Waals surface area contributed by atoms with Gasteiger partial charge in [-0.3, -0.25) is 0 Å². The molecule has 2 atom stereocenters. The second-order valence-corrected chi connectivity index (χ2v) is 5.16. The van der Waals surface area contributed by atoms with E-state index in [-0.39, 0.29) is 18.6 Å². The minimum atomic E-state index is -0.738. The van der Waals surface area contributed by atoms with Gasteiger partial charge in [-0.15, -0.1) is 0 Å². The molecule has 23 heavy (non-hydrogen) atoms. The van der Waals surface area contributed by atoms with Crippen LogP contribution in [0.4, 0.5) is 4.79 Å². The van der Waals surface area contributed by atoms with Crippen LogP contribution in [0.3, 0.4) is 0 Å². The summed E-state index contributed by atoms with van der Waals surface area (Å²) in [5.74, 6) is 6.34. The largest absolute Gasteiger partial charge is 0.467 e.